The van der Waals surface area contributed by atoms with Gasteiger partial charge in [0.2, 0.25) is 0 Å². The molecule has 2 aromatic heterocycles. The van der Waals surface area contributed by atoms with Crippen molar-refractivity contribution < 1.29 is 19.4 Å². The number of rotatable bonds is 10. The molecular formula is C27H32ClN5O4. The Morgan fingerprint density at radius 3 is 2.81 bits per heavy atom. The van der Waals surface area contributed by atoms with Gasteiger partial charge in [0.1, 0.15) is 23.7 Å². The van der Waals surface area contributed by atoms with Crippen LogP contribution in [0.3, 0.4) is 0 Å². The van der Waals surface area contributed by atoms with E-state index in [1.165, 1.54) is 6.33 Å². The summed E-state index contributed by atoms with van der Waals surface area (Å²) in [5.74, 6) is 1.05. The maximum Gasteiger partial charge on any atom is 0.251 e. The summed E-state index contributed by atoms with van der Waals surface area (Å²) in [6.45, 7) is 7.16. The number of nitrogens with zero attached hydrogens (tertiary/aromatic N) is 3. The molecule has 1 aliphatic carbocycles. The molecule has 4 rings (SSSR count). The molecule has 3 aromatic rings. The van der Waals surface area contributed by atoms with Gasteiger partial charge in [-0.25, -0.2) is 9.97 Å². The van der Waals surface area contributed by atoms with Crippen molar-refractivity contribution in [3.8, 4) is 5.75 Å². The number of aliphatic hydroxyl groups excluding tert-OH is 1. The molecule has 0 saturated heterocycles. The van der Waals surface area contributed by atoms with Crippen molar-refractivity contribution >= 4 is 34.4 Å². The zero-order valence-electron chi connectivity index (χ0n) is 21.1. The molecule has 2 atom stereocenters. The van der Waals surface area contributed by atoms with Crippen LogP contribution >= 0.6 is 11.6 Å². The number of aromatic nitrogens is 3. The molecule has 196 valence electrons. The van der Waals surface area contributed by atoms with Gasteiger partial charge < -0.3 is 29.8 Å². The van der Waals surface area contributed by atoms with Crippen molar-refractivity contribution in [2.75, 3.05) is 25.1 Å². The minimum absolute atomic E-state index is 0.00883. The number of nitrogens with one attached hydrogen (secondary N) is 2. The SMILES string of the molecule is CC(C)(C)NC(=O)c1cccc(OC2C=CC(Nc3ncnc4ccn(CCOCCO)c34)=CC2Cl)c1. The van der Waals surface area contributed by atoms with E-state index in [0.29, 0.717) is 36.9 Å². The van der Waals surface area contributed by atoms with E-state index in [0.717, 1.165) is 16.7 Å². The van der Waals surface area contributed by atoms with Crippen molar-refractivity contribution in [2.45, 2.75) is 44.3 Å². The molecule has 2 unspecified atom stereocenters. The molecule has 1 aliphatic rings. The van der Waals surface area contributed by atoms with Gasteiger partial charge in [0.25, 0.3) is 5.91 Å². The lowest BCUT2D eigenvalue weighted by molar-refractivity contribution is 0.0875. The highest BCUT2D eigenvalue weighted by Gasteiger charge is 2.22. The Labute approximate surface area is 221 Å². The number of halogens is 1. The normalized spacial score (nSPS) is 17.5. The third kappa shape index (κ3) is 7.09. The average Bonchev–Trinajstić information content (AvgIpc) is 3.27. The number of benzene rings is 1. The van der Waals surface area contributed by atoms with Crippen LogP contribution in [-0.2, 0) is 11.3 Å². The van der Waals surface area contributed by atoms with E-state index in [-0.39, 0.29) is 18.1 Å². The zero-order valence-corrected chi connectivity index (χ0v) is 21.9. The monoisotopic (exact) mass is 525 g/mol. The van der Waals surface area contributed by atoms with E-state index in [1.54, 1.807) is 24.3 Å². The third-order valence-corrected chi connectivity index (χ3v) is 5.87. The molecule has 0 spiro atoms. The van der Waals surface area contributed by atoms with Gasteiger partial charge in [-0.2, -0.15) is 0 Å². The van der Waals surface area contributed by atoms with Crippen LogP contribution in [0.1, 0.15) is 31.1 Å². The summed E-state index contributed by atoms with van der Waals surface area (Å²) in [6.07, 6.45) is 8.67. The average molecular weight is 526 g/mol. The molecule has 3 N–H and O–H groups in total. The van der Waals surface area contributed by atoms with Crippen LogP contribution in [0.4, 0.5) is 5.82 Å². The second-order valence-corrected chi connectivity index (χ2v) is 10.2. The molecule has 0 aliphatic heterocycles. The minimum atomic E-state index is -0.449. The van der Waals surface area contributed by atoms with Crippen molar-refractivity contribution in [2.24, 2.45) is 0 Å². The molecule has 0 radical (unpaired) electrons. The third-order valence-electron chi connectivity index (χ3n) is 5.50. The Hall–Kier alpha value is -3.40. The van der Waals surface area contributed by atoms with Crippen LogP contribution in [0, 0.1) is 0 Å². The fourth-order valence-electron chi connectivity index (χ4n) is 3.87. The Morgan fingerprint density at radius 1 is 1.22 bits per heavy atom. The fourth-order valence-corrected chi connectivity index (χ4v) is 4.14. The molecule has 37 heavy (non-hydrogen) atoms. The Kier molecular flexibility index (Phi) is 8.48. The maximum absolute atomic E-state index is 12.5. The van der Waals surface area contributed by atoms with Gasteiger partial charge in [-0.3, -0.25) is 4.79 Å². The molecular weight excluding hydrogens is 494 g/mol. The summed E-state index contributed by atoms with van der Waals surface area (Å²) in [5, 5.41) is 14.8. The number of carbonyl (C=O) groups excluding carboxylic acids is 1. The van der Waals surface area contributed by atoms with E-state index >= 15 is 0 Å². The van der Waals surface area contributed by atoms with Crippen LogP contribution < -0.4 is 15.4 Å². The van der Waals surface area contributed by atoms with Gasteiger partial charge in [0, 0.05) is 29.5 Å². The van der Waals surface area contributed by atoms with Crippen LogP contribution in [0.5, 0.6) is 5.75 Å². The van der Waals surface area contributed by atoms with Crippen molar-refractivity contribution in [3.63, 3.8) is 0 Å². The summed E-state index contributed by atoms with van der Waals surface area (Å²) in [6, 6.07) is 8.98. The van der Waals surface area contributed by atoms with E-state index in [2.05, 4.69) is 20.6 Å². The molecule has 9 nitrogen and oxygen atoms in total. The molecule has 0 bridgehead atoms. The van der Waals surface area contributed by atoms with Gasteiger partial charge in [0.15, 0.2) is 5.82 Å². The summed E-state index contributed by atoms with van der Waals surface area (Å²) < 4.78 is 13.5. The lowest BCUT2D eigenvalue weighted by Gasteiger charge is -2.24. The standard InChI is InChI=1S/C27H32ClN5O4/c1-27(2,3)32-26(35)18-5-4-6-20(15-18)37-23-8-7-19(16-21(23)28)31-25-24-22(29-17-30-25)9-10-33(24)11-13-36-14-12-34/h4-10,15-17,21,23,34H,11-14H2,1-3H3,(H,32,35)(H,29,30,31). The second kappa shape index (κ2) is 11.8. The quantitative estimate of drug-likeness (QED) is 0.272. The summed E-state index contributed by atoms with van der Waals surface area (Å²) >= 11 is 6.66. The number of hydrogen-bond donors (Lipinski definition) is 3. The van der Waals surface area contributed by atoms with Gasteiger partial charge >= 0.3 is 0 Å². The first kappa shape index (κ1) is 26.7. The smallest absolute Gasteiger partial charge is 0.251 e. The van der Waals surface area contributed by atoms with Gasteiger partial charge in [-0.1, -0.05) is 6.07 Å². The molecule has 1 aromatic carbocycles. The fraction of sp³-hybridized carbons (Fsp3) is 0.370. The Morgan fingerprint density at radius 2 is 2.05 bits per heavy atom. The largest absolute Gasteiger partial charge is 0.484 e. The van der Waals surface area contributed by atoms with Crippen LogP contribution in [0.15, 0.2) is 66.8 Å². The minimum Gasteiger partial charge on any atom is -0.484 e. The highest BCUT2D eigenvalue weighted by atomic mass is 35.5. The van der Waals surface area contributed by atoms with Crippen molar-refractivity contribution in [3.05, 3.63) is 72.3 Å². The lowest BCUT2D eigenvalue weighted by atomic mass is 10.1. The molecule has 0 saturated carbocycles. The number of fused-ring (bicyclic) bond motifs is 1. The number of ether oxygens (including phenoxy) is 2. The second-order valence-electron chi connectivity index (χ2n) is 9.67. The Balaban J connectivity index is 1.43. The number of allylic oxidation sites excluding steroid dienone is 1. The molecule has 1 amide bonds. The van der Waals surface area contributed by atoms with E-state index < -0.39 is 11.5 Å². The van der Waals surface area contributed by atoms with Gasteiger partial charge in [-0.15, -0.1) is 11.6 Å². The first-order chi connectivity index (χ1) is 17.7. The number of carbonyl (C=O) groups is 1. The number of amides is 1. The number of hydrogen-bond acceptors (Lipinski definition) is 7. The highest BCUT2D eigenvalue weighted by molar-refractivity contribution is 6.22. The lowest BCUT2D eigenvalue weighted by Crippen LogP contribution is -2.40. The summed E-state index contributed by atoms with van der Waals surface area (Å²) in [7, 11) is 0. The molecule has 0 fully saturated rings. The molecule has 2 heterocycles. The Bertz CT molecular complexity index is 1300. The maximum atomic E-state index is 12.5. The highest BCUT2D eigenvalue weighted by Crippen LogP contribution is 2.26. The first-order valence-corrected chi connectivity index (χ1v) is 12.6. The number of aliphatic hydroxyl groups is 1. The van der Waals surface area contributed by atoms with Crippen molar-refractivity contribution in [1.82, 2.24) is 19.9 Å². The predicted molar refractivity (Wildman–Crippen MR) is 144 cm³/mol. The van der Waals surface area contributed by atoms with Crippen LogP contribution in [0.2, 0.25) is 0 Å². The van der Waals surface area contributed by atoms with Gasteiger partial charge in [0.05, 0.1) is 30.7 Å². The topological polar surface area (TPSA) is 111 Å². The van der Waals surface area contributed by atoms with E-state index in [1.807, 2.05) is 55.8 Å². The van der Waals surface area contributed by atoms with E-state index in [4.69, 9.17) is 26.2 Å². The predicted octanol–water partition coefficient (Wildman–Crippen LogP) is 3.89. The summed E-state index contributed by atoms with van der Waals surface area (Å²) in [4.78, 5) is 21.3. The first-order valence-electron chi connectivity index (χ1n) is 12.1. The van der Waals surface area contributed by atoms with Crippen LogP contribution in [0.25, 0.3) is 11.0 Å². The number of anilines is 1. The summed E-state index contributed by atoms with van der Waals surface area (Å²) in [5.41, 5.74) is 2.62. The number of alkyl halides is 1. The van der Waals surface area contributed by atoms with E-state index in [9.17, 15) is 4.79 Å². The van der Waals surface area contributed by atoms with Crippen LogP contribution in [-0.4, -0.2) is 62.4 Å². The molecule has 10 heteroatoms. The van der Waals surface area contributed by atoms with Crippen molar-refractivity contribution in [1.29, 1.82) is 0 Å². The van der Waals surface area contributed by atoms with Gasteiger partial charge in [-0.05, 0) is 63.3 Å². The zero-order chi connectivity index (χ0) is 26.4.